The first-order chi connectivity index (χ1) is 8.58. The molecule has 18 heavy (non-hydrogen) atoms. The summed E-state index contributed by atoms with van der Waals surface area (Å²) in [7, 11) is 1.65. The molecule has 100 valence electrons. The van der Waals surface area contributed by atoms with Crippen LogP contribution in [0.4, 0.5) is 5.69 Å². The molecule has 3 N–H and O–H groups in total. The van der Waals surface area contributed by atoms with Crippen molar-refractivity contribution < 1.29 is 9.84 Å². The predicted molar refractivity (Wildman–Crippen MR) is 72.5 cm³/mol. The third-order valence-corrected chi connectivity index (χ3v) is 3.57. The Morgan fingerprint density at radius 2 is 2.22 bits per heavy atom. The first kappa shape index (κ1) is 13.2. The molecule has 0 radical (unpaired) electrons. The van der Waals surface area contributed by atoms with Crippen LogP contribution < -0.4 is 10.5 Å². The van der Waals surface area contributed by atoms with E-state index in [1.165, 1.54) is 0 Å². The highest BCUT2D eigenvalue weighted by Crippen LogP contribution is 2.22. The van der Waals surface area contributed by atoms with E-state index in [0.717, 1.165) is 43.1 Å². The number of rotatable bonds is 3. The van der Waals surface area contributed by atoms with Crippen molar-refractivity contribution in [2.24, 2.45) is 5.92 Å². The number of aliphatic hydroxyl groups excluding tert-OH is 1. The van der Waals surface area contributed by atoms with Gasteiger partial charge in [0.05, 0.1) is 13.2 Å². The fourth-order valence-electron chi connectivity index (χ4n) is 2.52. The number of piperidine rings is 1. The summed E-state index contributed by atoms with van der Waals surface area (Å²) < 4.78 is 5.22. The summed E-state index contributed by atoms with van der Waals surface area (Å²) in [6.45, 7) is 4.82. The zero-order valence-electron chi connectivity index (χ0n) is 11.1. The molecule has 2 unspecified atom stereocenters. The van der Waals surface area contributed by atoms with E-state index in [2.05, 4.69) is 11.8 Å². The van der Waals surface area contributed by atoms with Crippen molar-refractivity contribution in [3.05, 3.63) is 23.8 Å². The summed E-state index contributed by atoms with van der Waals surface area (Å²) in [4.78, 5) is 2.35. The minimum absolute atomic E-state index is 0.156. The van der Waals surface area contributed by atoms with Crippen molar-refractivity contribution in [2.75, 3.05) is 25.9 Å². The largest absolute Gasteiger partial charge is 0.497 e. The average molecular weight is 250 g/mol. The number of anilines is 1. The van der Waals surface area contributed by atoms with Crippen LogP contribution in [0.3, 0.4) is 0 Å². The minimum atomic E-state index is -0.156. The van der Waals surface area contributed by atoms with Gasteiger partial charge in [-0.2, -0.15) is 0 Å². The van der Waals surface area contributed by atoms with E-state index in [0.29, 0.717) is 5.92 Å². The van der Waals surface area contributed by atoms with Gasteiger partial charge in [-0.1, -0.05) is 6.92 Å². The molecular weight excluding hydrogens is 228 g/mol. The van der Waals surface area contributed by atoms with Crippen LogP contribution in [0.5, 0.6) is 5.75 Å². The summed E-state index contributed by atoms with van der Waals surface area (Å²) in [6, 6.07) is 5.83. The van der Waals surface area contributed by atoms with E-state index in [4.69, 9.17) is 10.5 Å². The molecule has 2 atom stereocenters. The summed E-state index contributed by atoms with van der Waals surface area (Å²) in [5.74, 6) is 1.14. The predicted octanol–water partition coefficient (Wildman–Crippen LogP) is 1.48. The van der Waals surface area contributed by atoms with Crippen molar-refractivity contribution in [1.82, 2.24) is 4.90 Å². The number of nitrogen functional groups attached to an aromatic ring is 1. The number of aliphatic hydroxyl groups is 1. The lowest BCUT2D eigenvalue weighted by Crippen LogP contribution is -2.41. The molecule has 1 heterocycles. The van der Waals surface area contributed by atoms with E-state index < -0.39 is 0 Å². The number of methoxy groups -OCH3 is 1. The Bertz CT molecular complexity index is 409. The number of likely N-dealkylation sites (tertiary alicyclic amines) is 1. The van der Waals surface area contributed by atoms with Crippen molar-refractivity contribution in [1.29, 1.82) is 0 Å². The Labute approximate surface area is 108 Å². The van der Waals surface area contributed by atoms with Gasteiger partial charge in [-0.15, -0.1) is 0 Å². The van der Waals surface area contributed by atoms with Gasteiger partial charge in [-0.25, -0.2) is 0 Å². The lowest BCUT2D eigenvalue weighted by atomic mass is 9.96. The van der Waals surface area contributed by atoms with E-state index in [1.54, 1.807) is 7.11 Å². The molecule has 0 bridgehead atoms. The van der Waals surface area contributed by atoms with Crippen molar-refractivity contribution in [2.45, 2.75) is 26.0 Å². The number of nitrogens with zero attached hydrogens (tertiary/aromatic N) is 1. The molecule has 4 nitrogen and oxygen atoms in total. The lowest BCUT2D eigenvalue weighted by Gasteiger charge is -2.34. The zero-order valence-corrected chi connectivity index (χ0v) is 11.1. The Morgan fingerprint density at radius 3 is 2.89 bits per heavy atom. The number of ether oxygens (including phenoxy) is 1. The molecule has 0 aromatic heterocycles. The van der Waals surface area contributed by atoms with Crippen molar-refractivity contribution in [3.63, 3.8) is 0 Å². The van der Waals surface area contributed by atoms with Gasteiger partial charge in [0, 0.05) is 31.4 Å². The Kier molecular flexibility index (Phi) is 4.09. The van der Waals surface area contributed by atoms with Crippen LogP contribution in [-0.2, 0) is 6.54 Å². The highest BCUT2D eigenvalue weighted by Gasteiger charge is 2.24. The molecule has 1 aromatic rings. The van der Waals surface area contributed by atoms with Gasteiger partial charge < -0.3 is 15.6 Å². The second-order valence-electron chi connectivity index (χ2n) is 5.18. The molecule has 1 aliphatic heterocycles. The number of hydrogen-bond donors (Lipinski definition) is 2. The second-order valence-corrected chi connectivity index (χ2v) is 5.18. The molecule has 0 spiro atoms. The molecule has 0 amide bonds. The summed E-state index contributed by atoms with van der Waals surface area (Å²) in [5.41, 5.74) is 7.74. The van der Waals surface area contributed by atoms with E-state index in [1.807, 2.05) is 18.2 Å². The number of nitrogens with two attached hydrogens (primary N) is 1. The first-order valence-electron chi connectivity index (χ1n) is 6.42. The van der Waals surface area contributed by atoms with Crippen LogP contribution in [0.15, 0.2) is 18.2 Å². The van der Waals surface area contributed by atoms with Gasteiger partial charge in [0.1, 0.15) is 5.75 Å². The van der Waals surface area contributed by atoms with Gasteiger partial charge >= 0.3 is 0 Å². The number of benzene rings is 1. The fourth-order valence-corrected chi connectivity index (χ4v) is 2.52. The van der Waals surface area contributed by atoms with Crippen molar-refractivity contribution >= 4 is 5.69 Å². The van der Waals surface area contributed by atoms with Crippen LogP contribution in [-0.4, -0.2) is 36.3 Å². The first-order valence-corrected chi connectivity index (χ1v) is 6.42. The molecule has 1 aromatic carbocycles. The maximum atomic E-state index is 9.72. The molecule has 0 aliphatic carbocycles. The quantitative estimate of drug-likeness (QED) is 0.798. The zero-order chi connectivity index (χ0) is 13.1. The van der Waals surface area contributed by atoms with Crippen LogP contribution in [0, 0.1) is 5.92 Å². The highest BCUT2D eigenvalue weighted by molar-refractivity contribution is 5.47. The van der Waals surface area contributed by atoms with E-state index in [9.17, 15) is 5.11 Å². The summed E-state index contributed by atoms with van der Waals surface area (Å²) in [6.07, 6.45) is 0.692. The molecule has 1 saturated heterocycles. The van der Waals surface area contributed by atoms with E-state index >= 15 is 0 Å². The standard InChI is InChI=1S/C14H22N2O2/c1-10-8-16(4-3-14(10)17)9-11-5-12(15)7-13(6-11)18-2/h5-7,10,14,17H,3-4,8-9,15H2,1-2H3. The van der Waals surface area contributed by atoms with Crippen LogP contribution in [0.25, 0.3) is 0 Å². The monoisotopic (exact) mass is 250 g/mol. The average Bonchev–Trinajstić information content (AvgIpc) is 2.33. The minimum Gasteiger partial charge on any atom is -0.497 e. The smallest absolute Gasteiger partial charge is 0.121 e. The topological polar surface area (TPSA) is 58.7 Å². The summed E-state index contributed by atoms with van der Waals surface area (Å²) >= 11 is 0. The maximum absolute atomic E-state index is 9.72. The van der Waals surface area contributed by atoms with Crippen molar-refractivity contribution in [3.8, 4) is 5.75 Å². The molecule has 4 heteroatoms. The van der Waals surface area contributed by atoms with Crippen LogP contribution >= 0.6 is 0 Å². The van der Waals surface area contributed by atoms with Crippen LogP contribution in [0.2, 0.25) is 0 Å². The molecule has 1 aliphatic rings. The second kappa shape index (κ2) is 5.59. The van der Waals surface area contributed by atoms with Gasteiger partial charge in [0.25, 0.3) is 0 Å². The molecule has 1 fully saturated rings. The maximum Gasteiger partial charge on any atom is 0.121 e. The van der Waals surface area contributed by atoms with Crippen LogP contribution in [0.1, 0.15) is 18.9 Å². The lowest BCUT2D eigenvalue weighted by molar-refractivity contribution is 0.0320. The van der Waals surface area contributed by atoms with Gasteiger partial charge in [-0.05, 0) is 30.0 Å². The Morgan fingerprint density at radius 1 is 1.44 bits per heavy atom. The Hall–Kier alpha value is -1.26. The third kappa shape index (κ3) is 3.15. The number of hydrogen-bond acceptors (Lipinski definition) is 4. The van der Waals surface area contributed by atoms with Gasteiger partial charge in [-0.3, -0.25) is 4.90 Å². The van der Waals surface area contributed by atoms with E-state index in [-0.39, 0.29) is 6.10 Å². The van der Waals surface area contributed by atoms with Gasteiger partial charge in [0.2, 0.25) is 0 Å². The fraction of sp³-hybridized carbons (Fsp3) is 0.571. The SMILES string of the molecule is COc1cc(N)cc(CN2CCC(O)C(C)C2)c1. The summed E-state index contributed by atoms with van der Waals surface area (Å²) in [5, 5.41) is 9.72. The molecule has 0 saturated carbocycles. The third-order valence-electron chi connectivity index (χ3n) is 3.57. The molecular formula is C14H22N2O2. The molecule has 2 rings (SSSR count). The highest BCUT2D eigenvalue weighted by atomic mass is 16.5. The van der Waals surface area contributed by atoms with Gasteiger partial charge in [0.15, 0.2) is 0 Å². The Balaban J connectivity index is 2.03. The normalized spacial score (nSPS) is 25.1.